The van der Waals surface area contributed by atoms with Gasteiger partial charge >= 0.3 is 11.8 Å². The lowest BCUT2D eigenvalue weighted by atomic mass is 10.4. The monoisotopic (exact) mass is 261 g/mol. The summed E-state index contributed by atoms with van der Waals surface area (Å²) in [5.74, 6) is -1.87. The molecule has 0 aliphatic heterocycles. The molecule has 0 saturated carbocycles. The molecule has 0 atom stereocenters. The van der Waals surface area contributed by atoms with Gasteiger partial charge in [0, 0.05) is 33.1 Å². The Kier molecular flexibility index (Phi) is 8.50. The lowest BCUT2D eigenvalue weighted by Crippen LogP contribution is -2.46. The minimum Gasteiger partial charge on any atom is -0.395 e. The minimum absolute atomic E-state index is 0.0154. The molecule has 0 aliphatic carbocycles. The number of hydrogen-bond acceptors (Lipinski definition) is 5. The third-order valence-corrected chi connectivity index (χ3v) is 2.01. The Balaban J connectivity index is 4.05. The summed E-state index contributed by atoms with van der Waals surface area (Å²) >= 11 is 0. The first-order valence-electron chi connectivity index (χ1n) is 5.56. The third kappa shape index (κ3) is 6.81. The van der Waals surface area contributed by atoms with Crippen LogP contribution in [0.1, 0.15) is 6.92 Å². The van der Waals surface area contributed by atoms with E-state index in [0.717, 1.165) is 4.90 Å². The smallest absolute Gasteiger partial charge is 0.312 e. The highest BCUT2D eigenvalue weighted by molar-refractivity contribution is 6.35. The number of nitrogens with one attached hydrogen (secondary N) is 2. The molecule has 0 aromatic carbocycles. The largest absolute Gasteiger partial charge is 0.395 e. The number of aliphatic hydroxyl groups excluding tert-OH is 2. The third-order valence-electron chi connectivity index (χ3n) is 2.01. The molecule has 8 nitrogen and oxygen atoms in total. The Morgan fingerprint density at radius 3 is 1.94 bits per heavy atom. The highest BCUT2D eigenvalue weighted by atomic mass is 16.3. The van der Waals surface area contributed by atoms with E-state index in [1.165, 1.54) is 6.92 Å². The fourth-order valence-electron chi connectivity index (χ4n) is 1.19. The molecule has 0 bridgehead atoms. The predicted octanol–water partition coefficient (Wildman–Crippen LogP) is -2.95. The summed E-state index contributed by atoms with van der Waals surface area (Å²) in [6, 6.07) is 0. The summed E-state index contributed by atoms with van der Waals surface area (Å²) in [6.45, 7) is 1.11. The molecule has 18 heavy (non-hydrogen) atoms. The summed E-state index contributed by atoms with van der Waals surface area (Å²) in [6.07, 6.45) is 0. The summed E-state index contributed by atoms with van der Waals surface area (Å²) in [7, 11) is 0. The Hall–Kier alpha value is -1.67. The van der Waals surface area contributed by atoms with Crippen LogP contribution in [0.4, 0.5) is 0 Å². The first-order chi connectivity index (χ1) is 8.52. The van der Waals surface area contributed by atoms with E-state index in [1.807, 2.05) is 0 Å². The van der Waals surface area contributed by atoms with Crippen molar-refractivity contribution in [3.63, 3.8) is 0 Å². The van der Waals surface area contributed by atoms with Gasteiger partial charge in [0.05, 0.1) is 13.2 Å². The maximum atomic E-state index is 11.6. The highest BCUT2D eigenvalue weighted by Crippen LogP contribution is 1.89. The van der Waals surface area contributed by atoms with Gasteiger partial charge in [-0.1, -0.05) is 0 Å². The molecule has 0 aromatic rings. The average Bonchev–Trinajstić information content (AvgIpc) is 2.33. The first-order valence-corrected chi connectivity index (χ1v) is 5.56. The number of hydrogen-bond donors (Lipinski definition) is 4. The number of aliphatic hydroxyl groups is 2. The zero-order chi connectivity index (χ0) is 14.0. The fourth-order valence-corrected chi connectivity index (χ4v) is 1.19. The number of rotatable bonds is 7. The van der Waals surface area contributed by atoms with Crippen molar-refractivity contribution < 1.29 is 24.6 Å². The van der Waals surface area contributed by atoms with Gasteiger partial charge in [-0.15, -0.1) is 0 Å². The topological polar surface area (TPSA) is 119 Å². The molecule has 8 heteroatoms. The molecule has 4 N–H and O–H groups in total. The van der Waals surface area contributed by atoms with Gasteiger partial charge in [0.2, 0.25) is 5.91 Å². The van der Waals surface area contributed by atoms with Gasteiger partial charge in [0.1, 0.15) is 0 Å². The maximum Gasteiger partial charge on any atom is 0.312 e. The predicted molar refractivity (Wildman–Crippen MR) is 62.4 cm³/mol. The number of carbonyl (C=O) groups excluding carboxylic acids is 3. The molecule has 0 unspecified atom stereocenters. The van der Waals surface area contributed by atoms with Crippen molar-refractivity contribution in [1.29, 1.82) is 0 Å². The maximum absolute atomic E-state index is 11.6. The lowest BCUT2D eigenvalue weighted by Gasteiger charge is -2.19. The molecule has 0 radical (unpaired) electrons. The molecule has 0 aliphatic rings. The minimum atomic E-state index is -0.831. The van der Waals surface area contributed by atoms with Gasteiger partial charge in [-0.05, 0) is 0 Å². The molecule has 104 valence electrons. The Morgan fingerprint density at radius 1 is 1.00 bits per heavy atom. The Bertz CT molecular complexity index is 289. The van der Waals surface area contributed by atoms with E-state index >= 15 is 0 Å². The van der Waals surface area contributed by atoms with Crippen LogP contribution in [0, 0.1) is 0 Å². The highest BCUT2D eigenvalue weighted by Gasteiger charge is 2.20. The van der Waals surface area contributed by atoms with Crippen molar-refractivity contribution in [1.82, 2.24) is 15.5 Å². The summed E-state index contributed by atoms with van der Waals surface area (Å²) in [5, 5.41) is 22.2. The standard InChI is InChI=1S/C10H19N3O5/c1-8(16)11-2-3-12-9(17)10(18)13(4-6-14)5-7-15/h14-15H,2-7H2,1H3,(H,11,16)(H,12,17). The molecule has 0 fully saturated rings. The van der Waals surface area contributed by atoms with Crippen molar-refractivity contribution in [2.75, 3.05) is 39.4 Å². The van der Waals surface area contributed by atoms with E-state index in [-0.39, 0.29) is 45.3 Å². The zero-order valence-electron chi connectivity index (χ0n) is 10.3. The molecular formula is C10H19N3O5. The van der Waals surface area contributed by atoms with Gasteiger partial charge in [-0.3, -0.25) is 14.4 Å². The van der Waals surface area contributed by atoms with Crippen LogP contribution >= 0.6 is 0 Å². The molecule has 0 rings (SSSR count). The van der Waals surface area contributed by atoms with Crippen molar-refractivity contribution in [3.8, 4) is 0 Å². The second-order valence-corrected chi connectivity index (χ2v) is 3.48. The van der Waals surface area contributed by atoms with Crippen LogP contribution in [0.15, 0.2) is 0 Å². The lowest BCUT2D eigenvalue weighted by molar-refractivity contribution is -0.146. The number of carbonyl (C=O) groups is 3. The van der Waals surface area contributed by atoms with Crippen LogP contribution in [0.2, 0.25) is 0 Å². The van der Waals surface area contributed by atoms with Crippen molar-refractivity contribution in [3.05, 3.63) is 0 Å². The van der Waals surface area contributed by atoms with Crippen LogP contribution in [-0.4, -0.2) is 72.2 Å². The van der Waals surface area contributed by atoms with Gasteiger partial charge < -0.3 is 25.7 Å². The summed E-state index contributed by atoms with van der Waals surface area (Å²) < 4.78 is 0. The van der Waals surface area contributed by atoms with Crippen LogP contribution < -0.4 is 10.6 Å². The normalized spacial score (nSPS) is 9.72. The van der Waals surface area contributed by atoms with Crippen LogP contribution in [0.25, 0.3) is 0 Å². The SMILES string of the molecule is CC(=O)NCCNC(=O)C(=O)N(CCO)CCO. The van der Waals surface area contributed by atoms with E-state index in [2.05, 4.69) is 10.6 Å². The molecular weight excluding hydrogens is 242 g/mol. The second kappa shape index (κ2) is 9.37. The van der Waals surface area contributed by atoms with Gasteiger partial charge in [-0.25, -0.2) is 0 Å². The van der Waals surface area contributed by atoms with Gasteiger partial charge in [0.25, 0.3) is 0 Å². The van der Waals surface area contributed by atoms with Crippen LogP contribution in [0.3, 0.4) is 0 Å². The Labute approximate surface area is 105 Å². The van der Waals surface area contributed by atoms with Gasteiger partial charge in [0.15, 0.2) is 0 Å². The summed E-state index contributed by atoms with van der Waals surface area (Å²) in [4.78, 5) is 34.6. The van der Waals surface area contributed by atoms with E-state index in [4.69, 9.17) is 10.2 Å². The zero-order valence-corrected chi connectivity index (χ0v) is 10.3. The summed E-state index contributed by atoms with van der Waals surface area (Å²) in [5.41, 5.74) is 0. The molecule has 0 spiro atoms. The van der Waals surface area contributed by atoms with Crippen LogP contribution in [-0.2, 0) is 14.4 Å². The molecule has 0 heterocycles. The number of nitrogens with zero attached hydrogens (tertiary/aromatic N) is 1. The Morgan fingerprint density at radius 2 is 1.50 bits per heavy atom. The molecule has 3 amide bonds. The van der Waals surface area contributed by atoms with Gasteiger partial charge in [-0.2, -0.15) is 0 Å². The first kappa shape index (κ1) is 16.3. The van der Waals surface area contributed by atoms with Crippen molar-refractivity contribution >= 4 is 17.7 Å². The van der Waals surface area contributed by atoms with Crippen molar-refractivity contribution in [2.45, 2.75) is 6.92 Å². The molecule has 0 saturated heterocycles. The van der Waals surface area contributed by atoms with E-state index in [1.54, 1.807) is 0 Å². The van der Waals surface area contributed by atoms with Crippen LogP contribution in [0.5, 0.6) is 0 Å². The second-order valence-electron chi connectivity index (χ2n) is 3.48. The van der Waals surface area contributed by atoms with E-state index < -0.39 is 11.8 Å². The fraction of sp³-hybridized carbons (Fsp3) is 0.700. The number of amides is 3. The average molecular weight is 261 g/mol. The molecule has 0 aromatic heterocycles. The van der Waals surface area contributed by atoms with E-state index in [0.29, 0.717) is 0 Å². The van der Waals surface area contributed by atoms with E-state index in [9.17, 15) is 14.4 Å². The van der Waals surface area contributed by atoms with Crippen molar-refractivity contribution in [2.24, 2.45) is 0 Å². The quantitative estimate of drug-likeness (QED) is 0.289.